The molecule has 0 aliphatic rings. The summed E-state index contributed by atoms with van der Waals surface area (Å²) >= 11 is 3.36. The van der Waals surface area contributed by atoms with Crippen molar-refractivity contribution in [3.8, 4) is 11.5 Å². The first kappa shape index (κ1) is 14.3. The van der Waals surface area contributed by atoms with Gasteiger partial charge >= 0.3 is 5.97 Å². The lowest BCUT2D eigenvalue weighted by molar-refractivity contribution is 0.0663. The molecule has 0 spiro atoms. The Balaban J connectivity index is 2.17. The predicted octanol–water partition coefficient (Wildman–Crippen LogP) is 4.05. The highest BCUT2D eigenvalue weighted by atomic mass is 79.9. The van der Waals surface area contributed by atoms with Gasteiger partial charge in [-0.3, -0.25) is 4.79 Å². The fourth-order valence-corrected chi connectivity index (χ4v) is 2.38. The third-order valence-electron chi connectivity index (χ3n) is 2.98. The van der Waals surface area contributed by atoms with Crippen molar-refractivity contribution in [1.29, 1.82) is 0 Å². The maximum absolute atomic E-state index is 12.2. The van der Waals surface area contributed by atoms with E-state index in [0.29, 0.717) is 11.5 Å². The molecule has 3 rings (SSSR count). The molecule has 6 heteroatoms. The van der Waals surface area contributed by atoms with Gasteiger partial charge in [-0.05, 0) is 40.2 Å². The zero-order valence-corrected chi connectivity index (χ0v) is 12.7. The van der Waals surface area contributed by atoms with Crippen LogP contribution in [0.25, 0.3) is 11.0 Å². The Morgan fingerprint density at radius 2 is 1.82 bits per heavy atom. The van der Waals surface area contributed by atoms with Gasteiger partial charge in [-0.2, -0.15) is 0 Å². The number of carbonyl (C=O) groups is 1. The van der Waals surface area contributed by atoms with E-state index in [1.165, 1.54) is 6.07 Å². The highest BCUT2D eigenvalue weighted by Gasteiger charge is 2.15. The molecule has 0 saturated carbocycles. The number of para-hydroxylation sites is 1. The number of carboxylic acid groups (broad SMARTS) is 1. The van der Waals surface area contributed by atoms with Gasteiger partial charge in [-0.1, -0.05) is 18.2 Å². The summed E-state index contributed by atoms with van der Waals surface area (Å²) in [6.45, 7) is 0. The van der Waals surface area contributed by atoms with Gasteiger partial charge in [-0.15, -0.1) is 0 Å². The topological polar surface area (TPSA) is 76.7 Å². The van der Waals surface area contributed by atoms with E-state index < -0.39 is 17.2 Å². The van der Waals surface area contributed by atoms with Crippen LogP contribution in [0.2, 0.25) is 0 Å². The van der Waals surface area contributed by atoms with Gasteiger partial charge < -0.3 is 14.3 Å². The van der Waals surface area contributed by atoms with Crippen LogP contribution in [-0.2, 0) is 0 Å². The average molecular weight is 361 g/mol. The van der Waals surface area contributed by atoms with E-state index in [1.807, 2.05) is 12.1 Å². The van der Waals surface area contributed by atoms with Crippen molar-refractivity contribution in [2.24, 2.45) is 0 Å². The number of halogens is 1. The fraction of sp³-hybridized carbons (Fsp3) is 0. The molecule has 2 aromatic carbocycles. The molecule has 0 bridgehead atoms. The summed E-state index contributed by atoms with van der Waals surface area (Å²) in [6, 6.07) is 12.9. The summed E-state index contributed by atoms with van der Waals surface area (Å²) in [5.74, 6) is -0.863. The second-order valence-electron chi connectivity index (χ2n) is 4.44. The van der Waals surface area contributed by atoms with E-state index in [2.05, 4.69) is 15.9 Å². The Hall–Kier alpha value is -2.60. The molecule has 22 heavy (non-hydrogen) atoms. The summed E-state index contributed by atoms with van der Waals surface area (Å²) in [7, 11) is 0. The minimum atomic E-state index is -1.30. The Morgan fingerprint density at radius 1 is 1.09 bits per heavy atom. The number of fused-ring (bicyclic) bond motifs is 1. The maximum Gasteiger partial charge on any atom is 0.371 e. The third kappa shape index (κ3) is 2.60. The minimum Gasteiger partial charge on any atom is -0.475 e. The number of carboxylic acids is 1. The van der Waals surface area contributed by atoms with Crippen LogP contribution in [0.15, 0.2) is 62.2 Å². The second kappa shape index (κ2) is 5.65. The Bertz CT molecular complexity index is 929. The molecule has 1 N–H and O–H groups in total. The lowest BCUT2D eigenvalue weighted by Crippen LogP contribution is -2.07. The summed E-state index contributed by atoms with van der Waals surface area (Å²) in [5.41, 5.74) is -0.309. The van der Waals surface area contributed by atoms with Crippen molar-refractivity contribution in [2.45, 2.75) is 0 Å². The van der Waals surface area contributed by atoms with Crippen LogP contribution < -0.4 is 10.2 Å². The van der Waals surface area contributed by atoms with Crippen LogP contribution >= 0.6 is 15.9 Å². The molecule has 0 saturated heterocycles. The minimum absolute atomic E-state index is 0.162. The molecule has 3 aromatic rings. The molecule has 1 aromatic heterocycles. The molecule has 0 amide bonds. The fourth-order valence-electron chi connectivity index (χ4n) is 2.01. The van der Waals surface area contributed by atoms with Crippen molar-refractivity contribution in [3.05, 3.63) is 69.0 Å². The van der Waals surface area contributed by atoms with Gasteiger partial charge in [0.1, 0.15) is 22.5 Å². The standard InChI is InChI=1S/C16H9BrO5/c17-9-4-1-2-5-11(9)21-12-6-3-7-13-15(12)10(18)8-14(22-13)16(19)20/h1-8H,(H,19,20). The quantitative estimate of drug-likeness (QED) is 0.762. The predicted molar refractivity (Wildman–Crippen MR) is 83.7 cm³/mol. The summed E-state index contributed by atoms with van der Waals surface area (Å²) in [4.78, 5) is 23.1. The zero-order chi connectivity index (χ0) is 15.7. The molecule has 0 unspecified atom stereocenters. The first-order chi connectivity index (χ1) is 10.6. The van der Waals surface area contributed by atoms with Crippen LogP contribution in [0.1, 0.15) is 10.6 Å². The summed E-state index contributed by atoms with van der Waals surface area (Å²) < 4.78 is 11.7. The molecular formula is C16H9BrO5. The molecule has 5 nitrogen and oxygen atoms in total. The first-order valence-electron chi connectivity index (χ1n) is 6.29. The summed E-state index contributed by atoms with van der Waals surface area (Å²) in [5, 5.41) is 9.14. The van der Waals surface area contributed by atoms with Crippen LogP contribution in [0.3, 0.4) is 0 Å². The van der Waals surface area contributed by atoms with Crippen molar-refractivity contribution in [1.82, 2.24) is 0 Å². The molecule has 0 fully saturated rings. The monoisotopic (exact) mass is 360 g/mol. The average Bonchev–Trinajstić information content (AvgIpc) is 2.49. The van der Waals surface area contributed by atoms with Crippen molar-refractivity contribution in [3.63, 3.8) is 0 Å². The van der Waals surface area contributed by atoms with Gasteiger partial charge in [-0.25, -0.2) is 4.79 Å². The van der Waals surface area contributed by atoms with E-state index in [1.54, 1.807) is 24.3 Å². The first-order valence-corrected chi connectivity index (χ1v) is 7.08. The molecule has 110 valence electrons. The van der Waals surface area contributed by atoms with Crippen molar-refractivity contribution >= 4 is 32.9 Å². The van der Waals surface area contributed by atoms with Crippen LogP contribution in [0, 0.1) is 0 Å². The van der Waals surface area contributed by atoms with E-state index in [9.17, 15) is 9.59 Å². The number of ether oxygens (including phenoxy) is 1. The molecule has 1 heterocycles. The Morgan fingerprint density at radius 3 is 2.55 bits per heavy atom. The van der Waals surface area contributed by atoms with E-state index in [-0.39, 0.29) is 11.0 Å². The van der Waals surface area contributed by atoms with Gasteiger partial charge in [0.25, 0.3) is 0 Å². The number of hydrogen-bond donors (Lipinski definition) is 1. The van der Waals surface area contributed by atoms with E-state index in [0.717, 1.165) is 10.5 Å². The SMILES string of the molecule is O=C(O)c1cc(=O)c2c(Oc3ccccc3Br)cccc2o1. The lowest BCUT2D eigenvalue weighted by atomic mass is 10.2. The molecule has 0 radical (unpaired) electrons. The van der Waals surface area contributed by atoms with E-state index in [4.69, 9.17) is 14.3 Å². The maximum atomic E-state index is 12.2. The largest absolute Gasteiger partial charge is 0.475 e. The third-order valence-corrected chi connectivity index (χ3v) is 3.64. The van der Waals surface area contributed by atoms with Crippen LogP contribution in [0.5, 0.6) is 11.5 Å². The van der Waals surface area contributed by atoms with E-state index >= 15 is 0 Å². The Labute approximate surface area is 132 Å². The second-order valence-corrected chi connectivity index (χ2v) is 5.30. The molecule has 0 aliphatic carbocycles. The smallest absolute Gasteiger partial charge is 0.371 e. The van der Waals surface area contributed by atoms with Gasteiger partial charge in [0, 0.05) is 6.07 Å². The van der Waals surface area contributed by atoms with Gasteiger partial charge in [0.15, 0.2) is 5.43 Å². The Kier molecular flexibility index (Phi) is 3.68. The number of aromatic carboxylic acids is 1. The summed E-state index contributed by atoms with van der Waals surface area (Å²) in [6.07, 6.45) is 0. The number of rotatable bonds is 3. The van der Waals surface area contributed by atoms with Gasteiger partial charge in [0.2, 0.25) is 5.76 Å². The molecular weight excluding hydrogens is 352 g/mol. The highest BCUT2D eigenvalue weighted by molar-refractivity contribution is 9.10. The van der Waals surface area contributed by atoms with Crippen molar-refractivity contribution in [2.75, 3.05) is 0 Å². The number of benzene rings is 2. The normalized spacial score (nSPS) is 10.6. The van der Waals surface area contributed by atoms with Crippen LogP contribution in [-0.4, -0.2) is 11.1 Å². The number of hydrogen-bond acceptors (Lipinski definition) is 4. The van der Waals surface area contributed by atoms with Crippen LogP contribution in [0.4, 0.5) is 0 Å². The van der Waals surface area contributed by atoms with Crippen molar-refractivity contribution < 1.29 is 19.1 Å². The zero-order valence-electron chi connectivity index (χ0n) is 11.1. The highest BCUT2D eigenvalue weighted by Crippen LogP contribution is 2.32. The molecule has 0 atom stereocenters. The van der Waals surface area contributed by atoms with Gasteiger partial charge in [0.05, 0.1) is 4.47 Å². The lowest BCUT2D eigenvalue weighted by Gasteiger charge is -2.09. The molecule has 0 aliphatic heterocycles.